The Balaban J connectivity index is 2.19. The summed E-state index contributed by atoms with van der Waals surface area (Å²) in [6.07, 6.45) is 4.10. The van der Waals surface area contributed by atoms with Gasteiger partial charge in [0.1, 0.15) is 0 Å². The monoisotopic (exact) mass is 164 g/mol. The standard InChI is InChI=1S/C9H12N2O/c12-8-3-6-11-9(8)7-1-4-10-5-2-7/h1-2,4-5,8-9,11-12H,3,6H2. The van der Waals surface area contributed by atoms with Crippen LogP contribution in [-0.2, 0) is 0 Å². The van der Waals surface area contributed by atoms with Crippen molar-refractivity contribution in [2.45, 2.75) is 18.6 Å². The van der Waals surface area contributed by atoms with E-state index in [1.54, 1.807) is 12.4 Å². The minimum Gasteiger partial charge on any atom is -0.391 e. The zero-order chi connectivity index (χ0) is 8.39. The van der Waals surface area contributed by atoms with Crippen LogP contribution in [0.5, 0.6) is 0 Å². The summed E-state index contributed by atoms with van der Waals surface area (Å²) in [7, 11) is 0. The molecule has 2 atom stereocenters. The van der Waals surface area contributed by atoms with Crippen LogP contribution in [0.2, 0.25) is 0 Å². The molecule has 1 saturated heterocycles. The van der Waals surface area contributed by atoms with E-state index >= 15 is 0 Å². The van der Waals surface area contributed by atoms with Gasteiger partial charge < -0.3 is 10.4 Å². The summed E-state index contributed by atoms with van der Waals surface area (Å²) < 4.78 is 0. The Kier molecular flexibility index (Phi) is 2.06. The molecule has 12 heavy (non-hydrogen) atoms. The summed E-state index contributed by atoms with van der Waals surface area (Å²) in [5, 5.41) is 12.8. The molecule has 64 valence electrons. The molecule has 1 aromatic heterocycles. The Morgan fingerprint density at radius 3 is 2.75 bits per heavy atom. The van der Waals surface area contributed by atoms with E-state index in [1.807, 2.05) is 12.1 Å². The maximum atomic E-state index is 9.56. The highest BCUT2D eigenvalue weighted by molar-refractivity contribution is 5.17. The average Bonchev–Trinajstić information content (AvgIpc) is 2.53. The highest BCUT2D eigenvalue weighted by Crippen LogP contribution is 2.22. The van der Waals surface area contributed by atoms with Gasteiger partial charge in [-0.3, -0.25) is 4.98 Å². The number of nitrogens with zero attached hydrogens (tertiary/aromatic N) is 1. The normalized spacial score (nSPS) is 29.1. The van der Waals surface area contributed by atoms with Crippen LogP contribution >= 0.6 is 0 Å². The van der Waals surface area contributed by atoms with E-state index in [0.29, 0.717) is 0 Å². The molecule has 0 aromatic carbocycles. The minimum absolute atomic E-state index is 0.105. The van der Waals surface area contributed by atoms with Crippen molar-refractivity contribution in [2.75, 3.05) is 6.54 Å². The molecule has 0 radical (unpaired) electrons. The second-order valence-corrected chi connectivity index (χ2v) is 3.07. The molecule has 2 rings (SSSR count). The van der Waals surface area contributed by atoms with Gasteiger partial charge in [-0.1, -0.05) is 0 Å². The number of rotatable bonds is 1. The minimum atomic E-state index is -0.243. The van der Waals surface area contributed by atoms with Crippen LogP contribution in [0.25, 0.3) is 0 Å². The van der Waals surface area contributed by atoms with E-state index in [0.717, 1.165) is 18.5 Å². The van der Waals surface area contributed by atoms with Gasteiger partial charge in [0.25, 0.3) is 0 Å². The molecule has 2 N–H and O–H groups in total. The largest absolute Gasteiger partial charge is 0.391 e. The number of hydrogen-bond donors (Lipinski definition) is 2. The van der Waals surface area contributed by atoms with Crippen molar-refractivity contribution in [1.29, 1.82) is 0 Å². The summed E-state index contributed by atoms with van der Waals surface area (Å²) in [5.41, 5.74) is 1.12. The van der Waals surface area contributed by atoms with E-state index in [4.69, 9.17) is 0 Å². The number of pyridine rings is 1. The third kappa shape index (κ3) is 1.33. The van der Waals surface area contributed by atoms with Gasteiger partial charge in [0.15, 0.2) is 0 Å². The molecule has 0 aliphatic carbocycles. The van der Waals surface area contributed by atoms with Crippen molar-refractivity contribution < 1.29 is 5.11 Å². The SMILES string of the molecule is OC1CCNC1c1ccncc1. The highest BCUT2D eigenvalue weighted by Gasteiger charge is 2.25. The first-order valence-corrected chi connectivity index (χ1v) is 4.19. The number of aliphatic hydroxyl groups excluding tert-OH is 1. The van der Waals surface area contributed by atoms with Gasteiger partial charge in [-0.05, 0) is 30.7 Å². The first-order valence-electron chi connectivity index (χ1n) is 4.19. The molecular formula is C9H12N2O. The van der Waals surface area contributed by atoms with E-state index < -0.39 is 0 Å². The molecule has 0 bridgehead atoms. The van der Waals surface area contributed by atoms with Crippen molar-refractivity contribution in [3.05, 3.63) is 30.1 Å². The Morgan fingerprint density at radius 1 is 1.42 bits per heavy atom. The Morgan fingerprint density at radius 2 is 2.17 bits per heavy atom. The Labute approximate surface area is 71.4 Å². The van der Waals surface area contributed by atoms with Crippen LogP contribution in [-0.4, -0.2) is 22.7 Å². The van der Waals surface area contributed by atoms with E-state index in [-0.39, 0.29) is 12.1 Å². The third-order valence-corrected chi connectivity index (χ3v) is 2.25. The van der Waals surface area contributed by atoms with Gasteiger partial charge >= 0.3 is 0 Å². The molecule has 3 nitrogen and oxygen atoms in total. The van der Waals surface area contributed by atoms with E-state index in [2.05, 4.69) is 10.3 Å². The lowest BCUT2D eigenvalue weighted by Crippen LogP contribution is -2.20. The molecule has 1 aliphatic heterocycles. The fraction of sp³-hybridized carbons (Fsp3) is 0.444. The summed E-state index contributed by atoms with van der Waals surface area (Å²) >= 11 is 0. The van der Waals surface area contributed by atoms with Crippen LogP contribution in [0.4, 0.5) is 0 Å². The van der Waals surface area contributed by atoms with Crippen LogP contribution in [0.3, 0.4) is 0 Å². The molecular weight excluding hydrogens is 152 g/mol. The third-order valence-electron chi connectivity index (χ3n) is 2.25. The average molecular weight is 164 g/mol. The lowest BCUT2D eigenvalue weighted by Gasteiger charge is -2.14. The maximum Gasteiger partial charge on any atom is 0.0747 e. The van der Waals surface area contributed by atoms with Crippen molar-refractivity contribution in [3.8, 4) is 0 Å². The predicted molar refractivity (Wildman–Crippen MR) is 45.6 cm³/mol. The molecule has 1 fully saturated rings. The van der Waals surface area contributed by atoms with Crippen molar-refractivity contribution in [3.63, 3.8) is 0 Å². The molecule has 1 aromatic rings. The van der Waals surface area contributed by atoms with Crippen molar-refractivity contribution in [1.82, 2.24) is 10.3 Å². The Bertz CT molecular complexity index is 250. The molecule has 2 unspecified atom stereocenters. The molecule has 1 aliphatic rings. The van der Waals surface area contributed by atoms with E-state index in [9.17, 15) is 5.11 Å². The van der Waals surface area contributed by atoms with Gasteiger partial charge in [-0.15, -0.1) is 0 Å². The fourth-order valence-corrected chi connectivity index (χ4v) is 1.60. The quantitative estimate of drug-likeness (QED) is 0.634. The summed E-state index contributed by atoms with van der Waals surface area (Å²) in [5.74, 6) is 0. The topological polar surface area (TPSA) is 45.1 Å². The zero-order valence-corrected chi connectivity index (χ0v) is 6.77. The summed E-state index contributed by atoms with van der Waals surface area (Å²) in [6, 6.07) is 3.98. The van der Waals surface area contributed by atoms with Gasteiger partial charge in [0, 0.05) is 12.4 Å². The van der Waals surface area contributed by atoms with Gasteiger partial charge in [-0.25, -0.2) is 0 Å². The van der Waals surface area contributed by atoms with Crippen molar-refractivity contribution >= 4 is 0 Å². The lowest BCUT2D eigenvalue weighted by molar-refractivity contribution is 0.160. The van der Waals surface area contributed by atoms with E-state index in [1.165, 1.54) is 0 Å². The zero-order valence-electron chi connectivity index (χ0n) is 6.77. The Hall–Kier alpha value is -0.930. The molecule has 0 saturated carbocycles. The van der Waals surface area contributed by atoms with Crippen LogP contribution in [0, 0.1) is 0 Å². The summed E-state index contributed by atoms with van der Waals surface area (Å²) in [6.45, 7) is 0.897. The van der Waals surface area contributed by atoms with Crippen molar-refractivity contribution in [2.24, 2.45) is 0 Å². The number of nitrogens with one attached hydrogen (secondary N) is 1. The first kappa shape index (κ1) is 7.71. The number of hydrogen-bond acceptors (Lipinski definition) is 3. The molecule has 0 spiro atoms. The fourth-order valence-electron chi connectivity index (χ4n) is 1.60. The van der Waals surface area contributed by atoms with Gasteiger partial charge in [0.05, 0.1) is 12.1 Å². The number of aliphatic hydroxyl groups is 1. The van der Waals surface area contributed by atoms with Gasteiger partial charge in [0.2, 0.25) is 0 Å². The summed E-state index contributed by atoms with van der Waals surface area (Å²) in [4.78, 5) is 3.93. The number of aromatic nitrogens is 1. The van der Waals surface area contributed by atoms with Gasteiger partial charge in [-0.2, -0.15) is 0 Å². The smallest absolute Gasteiger partial charge is 0.0747 e. The first-order chi connectivity index (χ1) is 5.88. The lowest BCUT2D eigenvalue weighted by atomic mass is 10.1. The predicted octanol–water partition coefficient (Wildman–Crippen LogP) is 0.477. The molecule has 0 amide bonds. The van der Waals surface area contributed by atoms with Crippen LogP contribution < -0.4 is 5.32 Å². The maximum absolute atomic E-state index is 9.56. The van der Waals surface area contributed by atoms with Crippen LogP contribution in [0.15, 0.2) is 24.5 Å². The second kappa shape index (κ2) is 3.21. The van der Waals surface area contributed by atoms with Crippen LogP contribution in [0.1, 0.15) is 18.0 Å². The molecule has 3 heteroatoms. The highest BCUT2D eigenvalue weighted by atomic mass is 16.3. The second-order valence-electron chi connectivity index (χ2n) is 3.07. The molecule has 2 heterocycles.